The quantitative estimate of drug-likeness (QED) is 0.784. The van der Waals surface area contributed by atoms with Crippen LogP contribution in [0.5, 0.6) is 0 Å². The molecule has 2 N–H and O–H groups in total. The molecule has 0 saturated carbocycles. The molecule has 0 aliphatic rings. The first-order valence-corrected chi connectivity index (χ1v) is 6.67. The number of carboxylic acid groups (broad SMARTS) is 1. The van der Waals surface area contributed by atoms with Crippen LogP contribution in [0.1, 0.15) is 31.4 Å². The number of carbonyl (C=O) groups is 2. The molecule has 0 aliphatic carbocycles. The van der Waals surface area contributed by atoms with Crippen LogP contribution in [0.3, 0.4) is 0 Å². The molecule has 4 nitrogen and oxygen atoms in total. The summed E-state index contributed by atoms with van der Waals surface area (Å²) in [5, 5.41) is 11.6. The van der Waals surface area contributed by atoms with E-state index in [2.05, 4.69) is 5.32 Å². The molecule has 1 amide bonds. The zero-order valence-electron chi connectivity index (χ0n) is 12.1. The van der Waals surface area contributed by atoms with Crippen molar-refractivity contribution in [3.8, 4) is 0 Å². The predicted molar refractivity (Wildman–Crippen MR) is 79.2 cm³/mol. The molecule has 0 bridgehead atoms. The fraction of sp³-hybridized carbons (Fsp3) is 0.375. The molecule has 1 aromatic rings. The zero-order valence-corrected chi connectivity index (χ0v) is 12.1. The smallest absolute Gasteiger partial charge is 0.326 e. The van der Waals surface area contributed by atoms with Gasteiger partial charge in [-0.05, 0) is 36.5 Å². The molecule has 0 aromatic heterocycles. The van der Waals surface area contributed by atoms with E-state index in [1.54, 1.807) is 6.08 Å². The van der Waals surface area contributed by atoms with Crippen molar-refractivity contribution in [1.82, 2.24) is 5.32 Å². The highest BCUT2D eigenvalue weighted by Crippen LogP contribution is 2.09. The number of benzene rings is 1. The minimum absolute atomic E-state index is 0.205. The van der Waals surface area contributed by atoms with Gasteiger partial charge in [0.05, 0.1) is 0 Å². The van der Waals surface area contributed by atoms with E-state index in [1.807, 2.05) is 45.0 Å². The molecule has 0 heterocycles. The number of nitrogens with one attached hydrogen (secondary N) is 1. The van der Waals surface area contributed by atoms with E-state index in [0.29, 0.717) is 6.42 Å². The van der Waals surface area contributed by atoms with Crippen LogP contribution in [-0.2, 0) is 9.59 Å². The minimum atomic E-state index is -1.00. The van der Waals surface area contributed by atoms with Crippen LogP contribution >= 0.6 is 0 Å². The van der Waals surface area contributed by atoms with Gasteiger partial charge in [-0.2, -0.15) is 0 Å². The van der Waals surface area contributed by atoms with Crippen LogP contribution in [0.4, 0.5) is 0 Å². The molecule has 20 heavy (non-hydrogen) atoms. The number of hydrogen-bond acceptors (Lipinski definition) is 2. The first-order chi connectivity index (χ1) is 9.40. The maximum atomic E-state index is 11.8. The van der Waals surface area contributed by atoms with Crippen molar-refractivity contribution >= 4 is 18.0 Å². The number of carbonyl (C=O) groups excluding carboxylic acids is 1. The van der Waals surface area contributed by atoms with Gasteiger partial charge in [-0.1, -0.05) is 38.1 Å². The Bertz CT molecular complexity index is 506. The number of hydrogen-bond donors (Lipinski definition) is 2. The largest absolute Gasteiger partial charge is 0.480 e. The third kappa shape index (κ3) is 5.26. The summed E-state index contributed by atoms with van der Waals surface area (Å²) in [5.74, 6) is -1.19. The number of aliphatic carboxylic acids is 1. The fourth-order valence-corrected chi connectivity index (χ4v) is 1.85. The topological polar surface area (TPSA) is 66.4 Å². The van der Waals surface area contributed by atoms with E-state index < -0.39 is 12.0 Å². The summed E-state index contributed by atoms with van der Waals surface area (Å²) >= 11 is 0. The van der Waals surface area contributed by atoms with Crippen molar-refractivity contribution in [1.29, 1.82) is 0 Å². The second kappa shape index (κ2) is 7.48. The van der Waals surface area contributed by atoms with Crippen LogP contribution in [0.25, 0.3) is 6.08 Å². The van der Waals surface area contributed by atoms with Gasteiger partial charge < -0.3 is 10.4 Å². The minimum Gasteiger partial charge on any atom is -0.480 e. The van der Waals surface area contributed by atoms with E-state index in [-0.39, 0.29) is 11.8 Å². The van der Waals surface area contributed by atoms with Crippen molar-refractivity contribution in [3.05, 3.63) is 41.5 Å². The maximum absolute atomic E-state index is 11.8. The summed E-state index contributed by atoms with van der Waals surface area (Å²) < 4.78 is 0. The molecule has 0 aliphatic heterocycles. The van der Waals surface area contributed by atoms with Crippen molar-refractivity contribution in [3.63, 3.8) is 0 Å². The Hall–Kier alpha value is -2.10. The summed E-state index contributed by atoms with van der Waals surface area (Å²) in [6.07, 6.45) is 3.48. The second-order valence-corrected chi connectivity index (χ2v) is 5.22. The van der Waals surface area contributed by atoms with E-state index in [4.69, 9.17) is 5.11 Å². The highest BCUT2D eigenvalue weighted by Gasteiger charge is 2.19. The lowest BCUT2D eigenvalue weighted by Crippen LogP contribution is -2.40. The Labute approximate surface area is 119 Å². The van der Waals surface area contributed by atoms with Crippen molar-refractivity contribution in [2.45, 2.75) is 33.2 Å². The average Bonchev–Trinajstić information content (AvgIpc) is 2.36. The third-order valence-electron chi connectivity index (χ3n) is 2.92. The van der Waals surface area contributed by atoms with Gasteiger partial charge in [0.15, 0.2) is 0 Å². The highest BCUT2D eigenvalue weighted by atomic mass is 16.4. The van der Waals surface area contributed by atoms with Crippen molar-refractivity contribution < 1.29 is 14.7 Å². The van der Waals surface area contributed by atoms with Crippen LogP contribution < -0.4 is 5.32 Å². The monoisotopic (exact) mass is 275 g/mol. The van der Waals surface area contributed by atoms with Crippen LogP contribution in [0.15, 0.2) is 30.3 Å². The number of rotatable bonds is 6. The Morgan fingerprint density at radius 1 is 1.30 bits per heavy atom. The highest BCUT2D eigenvalue weighted by molar-refractivity contribution is 5.94. The number of amides is 1. The fourth-order valence-electron chi connectivity index (χ4n) is 1.85. The predicted octanol–water partition coefficient (Wildman–Crippen LogP) is 2.62. The van der Waals surface area contributed by atoms with Gasteiger partial charge in [-0.25, -0.2) is 4.79 Å². The molecule has 0 unspecified atom stereocenters. The van der Waals surface area contributed by atoms with Crippen molar-refractivity contribution in [2.75, 3.05) is 0 Å². The molecule has 0 fully saturated rings. The maximum Gasteiger partial charge on any atom is 0.326 e. The molecule has 0 saturated heterocycles. The summed E-state index contributed by atoms with van der Waals surface area (Å²) in [4.78, 5) is 22.8. The molecule has 4 heteroatoms. The first-order valence-electron chi connectivity index (χ1n) is 6.67. The van der Waals surface area contributed by atoms with E-state index >= 15 is 0 Å². The van der Waals surface area contributed by atoms with Crippen molar-refractivity contribution in [2.24, 2.45) is 5.92 Å². The second-order valence-electron chi connectivity index (χ2n) is 5.22. The molecule has 0 spiro atoms. The lowest BCUT2D eigenvalue weighted by atomic mass is 10.0. The average molecular weight is 275 g/mol. The number of carboxylic acids is 1. The summed E-state index contributed by atoms with van der Waals surface area (Å²) in [6, 6.07) is 6.83. The molecule has 1 atom stereocenters. The molecular formula is C16H21NO3. The van der Waals surface area contributed by atoms with E-state index in [1.165, 1.54) is 6.08 Å². The zero-order chi connectivity index (χ0) is 15.1. The Morgan fingerprint density at radius 2 is 1.95 bits per heavy atom. The lowest BCUT2D eigenvalue weighted by molar-refractivity contribution is -0.141. The van der Waals surface area contributed by atoms with Gasteiger partial charge in [0.2, 0.25) is 5.91 Å². The van der Waals surface area contributed by atoms with Gasteiger partial charge in [0, 0.05) is 6.08 Å². The van der Waals surface area contributed by atoms with Gasteiger partial charge in [0.25, 0.3) is 0 Å². The Kier molecular flexibility index (Phi) is 5.97. The summed E-state index contributed by atoms with van der Waals surface area (Å²) in [5.41, 5.74) is 2.01. The normalized spacial score (nSPS) is 12.6. The lowest BCUT2D eigenvalue weighted by Gasteiger charge is -2.15. The van der Waals surface area contributed by atoms with Gasteiger partial charge in [0.1, 0.15) is 6.04 Å². The van der Waals surface area contributed by atoms with Gasteiger partial charge in [-0.15, -0.1) is 0 Å². The molecule has 108 valence electrons. The van der Waals surface area contributed by atoms with Crippen LogP contribution in [0.2, 0.25) is 0 Å². The first kappa shape index (κ1) is 16.0. The van der Waals surface area contributed by atoms with E-state index in [0.717, 1.165) is 11.1 Å². The van der Waals surface area contributed by atoms with Gasteiger partial charge >= 0.3 is 5.97 Å². The van der Waals surface area contributed by atoms with Crippen LogP contribution in [0, 0.1) is 12.8 Å². The SMILES string of the molecule is Cc1ccccc1/C=C/C(=O)N[C@@H](CC(C)C)C(=O)O. The molecule has 0 radical (unpaired) electrons. The summed E-state index contributed by atoms with van der Waals surface area (Å²) in [7, 11) is 0. The van der Waals surface area contributed by atoms with Crippen LogP contribution in [-0.4, -0.2) is 23.0 Å². The molecule has 1 rings (SSSR count). The Morgan fingerprint density at radius 3 is 2.50 bits per heavy atom. The third-order valence-corrected chi connectivity index (χ3v) is 2.92. The standard InChI is InChI=1S/C16H21NO3/c1-11(2)10-14(16(19)20)17-15(18)9-8-13-7-5-4-6-12(13)3/h4-9,11,14H,10H2,1-3H3,(H,17,18)(H,19,20)/b9-8+/t14-/m0/s1. The van der Waals surface area contributed by atoms with Gasteiger partial charge in [-0.3, -0.25) is 4.79 Å². The summed E-state index contributed by atoms with van der Waals surface area (Å²) in [6.45, 7) is 5.80. The molecule has 1 aromatic carbocycles. The van der Waals surface area contributed by atoms with E-state index in [9.17, 15) is 9.59 Å². The number of aryl methyl sites for hydroxylation is 1. The molecular weight excluding hydrogens is 254 g/mol. The Balaban J connectivity index is 2.66.